The Labute approximate surface area is 153 Å². The van der Waals surface area contributed by atoms with Crippen LogP contribution >= 0.6 is 67.8 Å². The van der Waals surface area contributed by atoms with Gasteiger partial charge in [0.05, 0.1) is 6.61 Å². The van der Waals surface area contributed by atoms with Crippen molar-refractivity contribution in [2.24, 2.45) is 0 Å². The van der Waals surface area contributed by atoms with Crippen molar-refractivity contribution >= 4 is 79.5 Å². The zero-order valence-electron chi connectivity index (χ0n) is 10.1. The molecule has 0 saturated heterocycles. The lowest BCUT2D eigenvalue weighted by Gasteiger charge is -2.07. The second-order valence-electron chi connectivity index (χ2n) is 3.84. The van der Waals surface area contributed by atoms with E-state index in [1.54, 1.807) is 6.92 Å². The number of hydrogen-bond donors (Lipinski definition) is 0. The van der Waals surface area contributed by atoms with E-state index in [9.17, 15) is 9.59 Å². The molecule has 0 N–H and O–H groups in total. The van der Waals surface area contributed by atoms with Crippen LogP contribution in [0, 0.1) is 10.7 Å². The summed E-state index contributed by atoms with van der Waals surface area (Å²) in [6.45, 7) is 5.15. The van der Waals surface area contributed by atoms with E-state index in [4.69, 9.17) is 4.74 Å². The van der Waals surface area contributed by atoms with E-state index >= 15 is 0 Å². The number of carbonyl (C=O) groups is 2. The van der Waals surface area contributed by atoms with Crippen molar-refractivity contribution in [2.45, 2.75) is 13.3 Å². The molecule has 1 aromatic rings. The molecule has 0 aliphatic heterocycles. The van der Waals surface area contributed by atoms with Gasteiger partial charge in [0, 0.05) is 28.3 Å². The van der Waals surface area contributed by atoms with Gasteiger partial charge in [-0.1, -0.05) is 6.58 Å². The number of esters is 1. The molecule has 0 aromatic heterocycles. The SMILES string of the molecule is C=C(C)C(=O)OCCC(=O)c1cc(I)cc(I)c1I. The normalized spacial score (nSPS) is 10.1. The van der Waals surface area contributed by atoms with Gasteiger partial charge in [-0.05, 0) is 86.8 Å². The Morgan fingerprint density at radius 1 is 1.26 bits per heavy atom. The lowest BCUT2D eigenvalue weighted by molar-refractivity contribution is -0.138. The van der Waals surface area contributed by atoms with E-state index in [-0.39, 0.29) is 18.8 Å². The molecule has 1 aromatic carbocycles. The number of hydrogen-bond acceptors (Lipinski definition) is 3. The zero-order chi connectivity index (χ0) is 14.6. The number of rotatable bonds is 5. The highest BCUT2D eigenvalue weighted by molar-refractivity contribution is 14.1. The predicted molar refractivity (Wildman–Crippen MR) is 99.3 cm³/mol. The molecule has 0 unspecified atom stereocenters. The lowest BCUT2D eigenvalue weighted by Crippen LogP contribution is -2.11. The Morgan fingerprint density at radius 2 is 1.89 bits per heavy atom. The van der Waals surface area contributed by atoms with Crippen LogP contribution in [0.3, 0.4) is 0 Å². The Kier molecular flexibility index (Phi) is 7.22. The van der Waals surface area contributed by atoms with Crippen LogP contribution in [0.2, 0.25) is 0 Å². The number of carbonyl (C=O) groups excluding carboxylic acids is 2. The smallest absolute Gasteiger partial charge is 0.333 e. The van der Waals surface area contributed by atoms with Crippen LogP contribution in [0.4, 0.5) is 0 Å². The lowest BCUT2D eigenvalue weighted by atomic mass is 10.1. The van der Waals surface area contributed by atoms with E-state index in [0.29, 0.717) is 11.1 Å². The Bertz CT molecular complexity index is 538. The monoisotopic (exact) mass is 596 g/mol. The van der Waals surface area contributed by atoms with Crippen LogP contribution < -0.4 is 0 Å². The van der Waals surface area contributed by atoms with Gasteiger partial charge in [-0.3, -0.25) is 4.79 Å². The summed E-state index contributed by atoms with van der Waals surface area (Å²) in [4.78, 5) is 23.3. The van der Waals surface area contributed by atoms with Gasteiger partial charge >= 0.3 is 5.97 Å². The summed E-state index contributed by atoms with van der Waals surface area (Å²) >= 11 is 6.54. The van der Waals surface area contributed by atoms with Gasteiger partial charge in [0.15, 0.2) is 5.78 Å². The van der Waals surface area contributed by atoms with Crippen LogP contribution in [0.1, 0.15) is 23.7 Å². The third kappa shape index (κ3) is 5.29. The molecular formula is C13H11I3O3. The zero-order valence-corrected chi connectivity index (χ0v) is 16.6. The molecule has 0 fully saturated rings. The summed E-state index contributed by atoms with van der Waals surface area (Å²) in [6.07, 6.45) is 0.186. The predicted octanol–water partition coefficient (Wildman–Crippen LogP) is 4.19. The number of ether oxygens (including phenoxy) is 1. The maximum atomic E-state index is 12.1. The van der Waals surface area contributed by atoms with Crippen molar-refractivity contribution in [3.63, 3.8) is 0 Å². The molecule has 0 aliphatic rings. The highest BCUT2D eigenvalue weighted by Gasteiger charge is 2.14. The van der Waals surface area contributed by atoms with Crippen LogP contribution in [-0.4, -0.2) is 18.4 Å². The first-order valence-electron chi connectivity index (χ1n) is 5.33. The summed E-state index contributed by atoms with van der Waals surface area (Å²) in [7, 11) is 0. The fraction of sp³-hybridized carbons (Fsp3) is 0.231. The molecule has 0 spiro atoms. The van der Waals surface area contributed by atoms with Gasteiger partial charge in [0.25, 0.3) is 0 Å². The molecule has 3 nitrogen and oxygen atoms in total. The first kappa shape index (κ1) is 17.3. The first-order valence-corrected chi connectivity index (χ1v) is 8.57. The van der Waals surface area contributed by atoms with Crippen molar-refractivity contribution in [3.05, 3.63) is 40.6 Å². The van der Waals surface area contributed by atoms with Gasteiger partial charge in [-0.2, -0.15) is 0 Å². The number of ketones is 1. The highest BCUT2D eigenvalue weighted by Crippen LogP contribution is 2.23. The Hall–Kier alpha value is 0.290. The van der Waals surface area contributed by atoms with Crippen molar-refractivity contribution in [3.8, 4) is 0 Å². The van der Waals surface area contributed by atoms with Gasteiger partial charge in [0.2, 0.25) is 0 Å². The van der Waals surface area contributed by atoms with E-state index in [1.807, 2.05) is 12.1 Å². The molecule has 0 saturated carbocycles. The van der Waals surface area contributed by atoms with Crippen molar-refractivity contribution in [1.29, 1.82) is 0 Å². The third-order valence-electron chi connectivity index (χ3n) is 2.20. The molecular weight excluding hydrogens is 585 g/mol. The second-order valence-corrected chi connectivity index (χ2v) is 7.33. The molecule has 0 heterocycles. The number of halogens is 3. The van der Waals surface area contributed by atoms with E-state index in [1.165, 1.54) is 0 Å². The second kappa shape index (κ2) is 7.91. The fourth-order valence-electron chi connectivity index (χ4n) is 1.25. The Morgan fingerprint density at radius 3 is 2.47 bits per heavy atom. The van der Waals surface area contributed by atoms with E-state index < -0.39 is 5.97 Å². The maximum absolute atomic E-state index is 12.1. The molecule has 102 valence electrons. The van der Waals surface area contributed by atoms with Gasteiger partial charge in [-0.15, -0.1) is 0 Å². The summed E-state index contributed by atoms with van der Waals surface area (Å²) < 4.78 is 7.94. The minimum Gasteiger partial charge on any atom is -0.462 e. The van der Waals surface area contributed by atoms with Crippen molar-refractivity contribution in [2.75, 3.05) is 6.61 Å². The quantitative estimate of drug-likeness (QED) is 0.169. The van der Waals surface area contributed by atoms with Crippen LogP contribution in [0.5, 0.6) is 0 Å². The van der Waals surface area contributed by atoms with E-state index in [0.717, 1.165) is 10.7 Å². The average molecular weight is 596 g/mol. The molecule has 0 atom stereocenters. The van der Waals surface area contributed by atoms with Gasteiger partial charge in [-0.25, -0.2) is 4.79 Å². The molecule has 1 rings (SSSR count). The van der Waals surface area contributed by atoms with Gasteiger partial charge < -0.3 is 4.74 Å². The average Bonchev–Trinajstić information content (AvgIpc) is 2.33. The topological polar surface area (TPSA) is 43.4 Å². The molecule has 0 aliphatic carbocycles. The largest absolute Gasteiger partial charge is 0.462 e. The summed E-state index contributed by atoms with van der Waals surface area (Å²) in [6, 6.07) is 3.87. The van der Waals surface area contributed by atoms with Crippen molar-refractivity contribution in [1.82, 2.24) is 0 Å². The van der Waals surface area contributed by atoms with Crippen LogP contribution in [-0.2, 0) is 9.53 Å². The van der Waals surface area contributed by atoms with Crippen LogP contribution in [0.25, 0.3) is 0 Å². The molecule has 6 heteroatoms. The van der Waals surface area contributed by atoms with E-state index in [2.05, 4.69) is 74.4 Å². The molecule has 0 radical (unpaired) electrons. The standard InChI is InChI=1S/C13H11I3O3/c1-7(2)13(18)19-4-3-11(17)9-5-8(14)6-10(15)12(9)16/h5-6H,1,3-4H2,2H3. The summed E-state index contributed by atoms with van der Waals surface area (Å²) in [5.41, 5.74) is 1.02. The minimum atomic E-state index is -0.459. The molecule has 19 heavy (non-hydrogen) atoms. The fourth-order valence-corrected chi connectivity index (χ4v) is 3.71. The minimum absolute atomic E-state index is 0.0182. The first-order chi connectivity index (χ1) is 8.82. The maximum Gasteiger partial charge on any atom is 0.333 e. The molecule has 0 amide bonds. The number of benzene rings is 1. The Balaban J connectivity index is 2.69. The van der Waals surface area contributed by atoms with Gasteiger partial charge in [0.1, 0.15) is 0 Å². The highest BCUT2D eigenvalue weighted by atomic mass is 127. The summed E-state index contributed by atoms with van der Waals surface area (Å²) in [5.74, 6) is -0.477. The summed E-state index contributed by atoms with van der Waals surface area (Å²) in [5, 5.41) is 0. The third-order valence-corrected chi connectivity index (χ3v) is 5.87. The molecule has 0 bridgehead atoms. The van der Waals surface area contributed by atoms with Crippen LogP contribution in [0.15, 0.2) is 24.3 Å². The van der Waals surface area contributed by atoms with Crippen molar-refractivity contribution < 1.29 is 14.3 Å². The number of Topliss-reactive ketones (excluding diaryl/α,β-unsaturated/α-hetero) is 1.